The first kappa shape index (κ1) is 18.8. The Hall–Kier alpha value is -2.50. The molecule has 5 nitrogen and oxygen atoms in total. The first-order valence-corrected chi connectivity index (χ1v) is 9.77. The molecule has 0 atom stereocenters. The molecule has 3 aromatic rings. The van der Waals surface area contributed by atoms with E-state index in [-0.39, 0.29) is 10.8 Å². The molecular weight excluding hydrogens is 374 g/mol. The van der Waals surface area contributed by atoms with Crippen molar-refractivity contribution >= 4 is 28.2 Å². The van der Waals surface area contributed by atoms with E-state index in [0.29, 0.717) is 11.8 Å². The number of nitrogens with one attached hydrogen (secondary N) is 1. The molecule has 2 aromatic carbocycles. The number of nitrogens with zero attached hydrogens (tertiary/aromatic N) is 2. The van der Waals surface area contributed by atoms with Gasteiger partial charge in [-0.3, -0.25) is 4.98 Å². The van der Waals surface area contributed by atoms with Crippen molar-refractivity contribution in [3.8, 4) is 22.6 Å². The van der Waals surface area contributed by atoms with Crippen molar-refractivity contribution in [3.63, 3.8) is 0 Å². The number of phenols is 1. The number of pyridine rings is 1. The van der Waals surface area contributed by atoms with Gasteiger partial charge in [-0.15, -0.1) is 0 Å². The zero-order valence-corrected chi connectivity index (χ0v) is 16.8. The van der Waals surface area contributed by atoms with Gasteiger partial charge in [-0.1, -0.05) is 17.7 Å². The Balaban J connectivity index is 1.79. The summed E-state index contributed by atoms with van der Waals surface area (Å²) >= 11 is 6.19. The number of halogens is 1. The number of fused-ring (bicyclic) bond motifs is 1. The van der Waals surface area contributed by atoms with Gasteiger partial charge in [0.1, 0.15) is 0 Å². The van der Waals surface area contributed by atoms with Crippen LogP contribution in [-0.4, -0.2) is 43.4 Å². The van der Waals surface area contributed by atoms with Crippen LogP contribution in [0.4, 0.5) is 5.69 Å². The topological polar surface area (TPSA) is 57.6 Å². The number of piperidine rings is 1. The van der Waals surface area contributed by atoms with Crippen LogP contribution in [0.15, 0.2) is 36.5 Å². The zero-order chi connectivity index (χ0) is 19.7. The molecule has 4 rings (SSSR count). The molecule has 0 aliphatic carbocycles. The molecule has 2 N–H and O–H groups in total. The largest absolute Gasteiger partial charge is 0.503 e. The Morgan fingerprint density at radius 3 is 2.75 bits per heavy atom. The number of benzene rings is 2. The molecule has 1 aromatic heterocycles. The van der Waals surface area contributed by atoms with Crippen molar-refractivity contribution < 1.29 is 9.84 Å². The lowest BCUT2D eigenvalue weighted by Crippen LogP contribution is -2.41. The molecule has 145 valence electrons. The molecule has 2 heterocycles. The van der Waals surface area contributed by atoms with E-state index in [2.05, 4.69) is 34.4 Å². The average molecular weight is 397 g/mol. The highest BCUT2D eigenvalue weighted by Crippen LogP contribution is 2.39. The van der Waals surface area contributed by atoms with Crippen molar-refractivity contribution in [3.05, 3.63) is 47.6 Å². The van der Waals surface area contributed by atoms with Crippen LogP contribution >= 0.6 is 11.6 Å². The lowest BCUT2D eigenvalue weighted by atomic mass is 10.00. The summed E-state index contributed by atoms with van der Waals surface area (Å²) in [7, 11) is 3.65. The fourth-order valence-corrected chi connectivity index (χ4v) is 4.03. The van der Waals surface area contributed by atoms with Gasteiger partial charge in [0, 0.05) is 30.7 Å². The minimum absolute atomic E-state index is 0.0463. The molecule has 1 aliphatic rings. The number of hydrogen-bond donors (Lipinski definition) is 2. The molecule has 1 saturated heterocycles. The van der Waals surface area contributed by atoms with Gasteiger partial charge in [-0.25, -0.2) is 0 Å². The summed E-state index contributed by atoms with van der Waals surface area (Å²) in [5, 5.41) is 14.7. The Bertz CT molecular complexity index is 1000. The van der Waals surface area contributed by atoms with Gasteiger partial charge in [0.25, 0.3) is 0 Å². The summed E-state index contributed by atoms with van der Waals surface area (Å²) in [4.78, 5) is 6.80. The molecule has 0 unspecified atom stereocenters. The van der Waals surface area contributed by atoms with E-state index >= 15 is 0 Å². The van der Waals surface area contributed by atoms with Gasteiger partial charge < -0.3 is 20.1 Å². The van der Waals surface area contributed by atoms with E-state index in [1.165, 1.54) is 7.11 Å². The third-order valence-electron chi connectivity index (χ3n) is 5.45. The van der Waals surface area contributed by atoms with Crippen molar-refractivity contribution in [1.29, 1.82) is 0 Å². The molecular formula is C22H23ClN3O2. The van der Waals surface area contributed by atoms with Gasteiger partial charge in [0.05, 0.1) is 23.3 Å². The number of aromatic hydroxyl groups is 1. The Morgan fingerprint density at radius 1 is 1.21 bits per heavy atom. The Morgan fingerprint density at radius 2 is 2.00 bits per heavy atom. The van der Waals surface area contributed by atoms with Gasteiger partial charge in [0.2, 0.25) is 0 Å². The third-order valence-corrected chi connectivity index (χ3v) is 5.74. The van der Waals surface area contributed by atoms with E-state index in [0.717, 1.165) is 53.6 Å². The average Bonchev–Trinajstić information content (AvgIpc) is 2.75. The summed E-state index contributed by atoms with van der Waals surface area (Å²) in [5.74, 6) is 0.308. The van der Waals surface area contributed by atoms with Gasteiger partial charge >= 0.3 is 0 Å². The second-order valence-electron chi connectivity index (χ2n) is 7.08. The highest BCUT2D eigenvalue weighted by molar-refractivity contribution is 6.32. The number of phenolic OH excluding ortho intramolecular Hbond substituents is 1. The fraction of sp³-hybridized carbons (Fsp3) is 0.318. The van der Waals surface area contributed by atoms with Gasteiger partial charge in [-0.05, 0) is 61.3 Å². The van der Waals surface area contributed by atoms with E-state index in [9.17, 15) is 5.11 Å². The highest BCUT2D eigenvalue weighted by Gasteiger charge is 2.20. The zero-order valence-electron chi connectivity index (χ0n) is 16.0. The fourth-order valence-electron chi connectivity index (χ4n) is 3.82. The standard InChI is InChI=1S/C22H23ClN3O2/c1-26(16-5-8-24-9-6-16)20-7-10-25-19-4-3-14(11-17(19)20)15-12-18(23)22(27)21(13-15)28-2/h3-4,10-13,16,24,27H,5-6,8-9H2,1-2H3. The van der Waals surface area contributed by atoms with Crippen LogP contribution in [0.25, 0.3) is 22.0 Å². The molecule has 1 aliphatic heterocycles. The van der Waals surface area contributed by atoms with E-state index in [1.807, 2.05) is 12.1 Å². The minimum atomic E-state index is -0.0463. The van der Waals surface area contributed by atoms with E-state index < -0.39 is 0 Å². The molecule has 0 amide bonds. The molecule has 28 heavy (non-hydrogen) atoms. The van der Waals surface area contributed by atoms with Crippen LogP contribution in [0.3, 0.4) is 0 Å². The molecule has 0 bridgehead atoms. The molecule has 0 saturated carbocycles. The molecule has 1 fully saturated rings. The Kier molecular flexibility index (Phi) is 5.29. The van der Waals surface area contributed by atoms with Crippen LogP contribution in [-0.2, 0) is 0 Å². The molecule has 1 radical (unpaired) electrons. The van der Waals surface area contributed by atoms with Crippen molar-refractivity contribution in [2.75, 3.05) is 32.1 Å². The number of methoxy groups -OCH3 is 1. The van der Waals surface area contributed by atoms with Crippen molar-refractivity contribution in [1.82, 2.24) is 10.3 Å². The number of aromatic nitrogens is 1. The predicted octanol–water partition coefficient (Wildman–Crippen LogP) is 4.26. The van der Waals surface area contributed by atoms with E-state index in [4.69, 9.17) is 16.3 Å². The summed E-state index contributed by atoms with van der Waals surface area (Å²) in [6.45, 7) is 2.07. The number of ether oxygens (including phenoxy) is 1. The number of hydrogen-bond acceptors (Lipinski definition) is 5. The summed E-state index contributed by atoms with van der Waals surface area (Å²) in [5.41, 5.74) is 3.83. The summed E-state index contributed by atoms with van der Waals surface area (Å²) < 4.78 is 5.25. The number of rotatable bonds is 4. The SMILES string of the molecule is COc1cc(-c2ccc3nc[c]c(N(C)C4CCNCC4)c3c2)cc(Cl)c1O. The van der Waals surface area contributed by atoms with Gasteiger partial charge in [-0.2, -0.15) is 0 Å². The third kappa shape index (κ3) is 3.48. The molecule has 0 spiro atoms. The van der Waals surface area contributed by atoms with Crippen LogP contribution in [0.1, 0.15) is 12.8 Å². The Labute approximate surface area is 169 Å². The summed E-state index contributed by atoms with van der Waals surface area (Å²) in [6, 6.07) is 13.5. The maximum atomic E-state index is 10.0. The first-order valence-electron chi connectivity index (χ1n) is 9.39. The lowest BCUT2D eigenvalue weighted by Gasteiger charge is -2.33. The minimum Gasteiger partial charge on any atom is -0.503 e. The quantitative estimate of drug-likeness (QED) is 0.690. The monoisotopic (exact) mass is 396 g/mol. The maximum Gasteiger partial charge on any atom is 0.176 e. The van der Waals surface area contributed by atoms with E-state index in [1.54, 1.807) is 18.3 Å². The van der Waals surface area contributed by atoms with Crippen LogP contribution in [0, 0.1) is 6.07 Å². The van der Waals surface area contributed by atoms with Crippen LogP contribution < -0.4 is 15.0 Å². The predicted molar refractivity (Wildman–Crippen MR) is 114 cm³/mol. The highest BCUT2D eigenvalue weighted by atomic mass is 35.5. The van der Waals surface area contributed by atoms with Crippen molar-refractivity contribution in [2.45, 2.75) is 18.9 Å². The second-order valence-corrected chi connectivity index (χ2v) is 7.49. The lowest BCUT2D eigenvalue weighted by molar-refractivity contribution is 0.374. The smallest absolute Gasteiger partial charge is 0.176 e. The maximum absolute atomic E-state index is 10.0. The molecule has 6 heteroatoms. The van der Waals surface area contributed by atoms with Crippen molar-refractivity contribution in [2.24, 2.45) is 0 Å². The normalized spacial score (nSPS) is 15.0. The van der Waals surface area contributed by atoms with Gasteiger partial charge in [0.15, 0.2) is 11.5 Å². The van der Waals surface area contributed by atoms with Crippen LogP contribution in [0.2, 0.25) is 5.02 Å². The number of anilines is 1. The summed E-state index contributed by atoms with van der Waals surface area (Å²) in [6.07, 6.45) is 3.96. The van der Waals surface area contributed by atoms with Crippen LogP contribution in [0.5, 0.6) is 11.5 Å². The second kappa shape index (κ2) is 7.86. The first-order chi connectivity index (χ1) is 13.6.